The summed E-state index contributed by atoms with van der Waals surface area (Å²) >= 11 is 0. The summed E-state index contributed by atoms with van der Waals surface area (Å²) in [6, 6.07) is 2.19. The molecule has 96 valence electrons. The van der Waals surface area contributed by atoms with Crippen molar-refractivity contribution in [2.75, 3.05) is 7.11 Å². The van der Waals surface area contributed by atoms with E-state index in [0.29, 0.717) is 0 Å². The third kappa shape index (κ3) is 2.12. The quantitative estimate of drug-likeness (QED) is 0.359. The summed E-state index contributed by atoms with van der Waals surface area (Å²) in [5, 5.41) is 19.5. The molecule has 0 aliphatic carbocycles. The summed E-state index contributed by atoms with van der Waals surface area (Å²) in [5.74, 6) is -2.45. The summed E-state index contributed by atoms with van der Waals surface area (Å²) in [4.78, 5) is 36.1. The fourth-order valence-electron chi connectivity index (χ4n) is 1.30. The summed E-state index contributed by atoms with van der Waals surface area (Å²) in [6.07, 6.45) is 0.888. The van der Waals surface area contributed by atoms with Crippen LogP contribution in [0.1, 0.15) is 12.6 Å². The molecule has 8 nitrogen and oxygen atoms in total. The van der Waals surface area contributed by atoms with Gasteiger partial charge in [0, 0.05) is 6.07 Å². The molecule has 8 heteroatoms. The Morgan fingerprint density at radius 2 is 2.11 bits per heavy atom. The molecule has 0 aliphatic heterocycles. The zero-order valence-electron chi connectivity index (χ0n) is 9.61. The monoisotopic (exact) mass is 254 g/mol. The van der Waals surface area contributed by atoms with Gasteiger partial charge in [-0.3, -0.25) is 24.7 Å². The number of carbonyl (C=O) groups is 2. The first-order chi connectivity index (χ1) is 8.33. The Morgan fingerprint density at radius 3 is 2.44 bits per heavy atom. The molecule has 1 heterocycles. The summed E-state index contributed by atoms with van der Waals surface area (Å²) in [7, 11) is 1.05. The molecule has 1 rings (SSSR count). The number of rotatable bonds is 4. The number of pyridine rings is 1. The number of carbonyl (C=O) groups excluding carboxylic acids is 1. The van der Waals surface area contributed by atoms with Gasteiger partial charge in [0.1, 0.15) is 6.20 Å². The number of aromatic nitrogens is 1. The average Bonchev–Trinajstić information content (AvgIpc) is 2.36. The fraction of sp³-hybridized carbons (Fsp3) is 0.300. The minimum absolute atomic E-state index is 0.132. The molecule has 1 aromatic heterocycles. The molecule has 1 unspecified atom stereocenters. The SMILES string of the molecule is COC(=O)C(C)(C(=O)O)c1ccc([N+](=O)[O-])cn1. The van der Waals surface area contributed by atoms with Crippen molar-refractivity contribution in [2.24, 2.45) is 0 Å². The van der Waals surface area contributed by atoms with Gasteiger partial charge in [-0.2, -0.15) is 0 Å². The predicted octanol–water partition coefficient (Wildman–Crippen LogP) is 0.505. The van der Waals surface area contributed by atoms with E-state index >= 15 is 0 Å². The molecule has 0 radical (unpaired) electrons. The van der Waals surface area contributed by atoms with Gasteiger partial charge in [-0.05, 0) is 13.0 Å². The Balaban J connectivity index is 3.27. The second-order valence-corrected chi connectivity index (χ2v) is 3.58. The van der Waals surface area contributed by atoms with Gasteiger partial charge in [0.2, 0.25) is 5.41 Å². The average molecular weight is 254 g/mol. The van der Waals surface area contributed by atoms with Crippen molar-refractivity contribution in [3.63, 3.8) is 0 Å². The molecule has 0 spiro atoms. The van der Waals surface area contributed by atoms with Crippen LogP contribution in [-0.2, 0) is 19.7 Å². The van der Waals surface area contributed by atoms with E-state index in [-0.39, 0.29) is 11.4 Å². The molecule has 0 bridgehead atoms. The van der Waals surface area contributed by atoms with Crippen LogP contribution in [0.5, 0.6) is 0 Å². The van der Waals surface area contributed by atoms with Gasteiger partial charge in [0.15, 0.2) is 0 Å². The highest BCUT2D eigenvalue weighted by molar-refractivity contribution is 6.04. The van der Waals surface area contributed by atoms with Crippen LogP contribution in [0, 0.1) is 10.1 Å². The number of nitrogens with zero attached hydrogens (tertiary/aromatic N) is 2. The molecule has 1 N–H and O–H groups in total. The first kappa shape index (κ1) is 13.6. The molecule has 0 saturated heterocycles. The molecule has 0 aromatic carbocycles. The number of hydrogen-bond acceptors (Lipinski definition) is 6. The lowest BCUT2D eigenvalue weighted by molar-refractivity contribution is -0.385. The zero-order valence-corrected chi connectivity index (χ0v) is 9.61. The lowest BCUT2D eigenvalue weighted by Crippen LogP contribution is -2.42. The van der Waals surface area contributed by atoms with Crippen LogP contribution in [0.25, 0.3) is 0 Å². The van der Waals surface area contributed by atoms with E-state index in [0.717, 1.165) is 32.4 Å². The lowest BCUT2D eigenvalue weighted by Gasteiger charge is -2.20. The van der Waals surface area contributed by atoms with Gasteiger partial charge in [-0.15, -0.1) is 0 Å². The van der Waals surface area contributed by atoms with E-state index in [1.54, 1.807) is 0 Å². The Labute approximate surface area is 101 Å². The van der Waals surface area contributed by atoms with Gasteiger partial charge in [0.25, 0.3) is 5.69 Å². The maximum atomic E-state index is 11.5. The van der Waals surface area contributed by atoms with Crippen LogP contribution in [0.15, 0.2) is 18.3 Å². The molecule has 18 heavy (non-hydrogen) atoms. The minimum atomic E-state index is -2.00. The van der Waals surface area contributed by atoms with Crippen LogP contribution in [0.3, 0.4) is 0 Å². The topological polar surface area (TPSA) is 120 Å². The molecule has 0 saturated carbocycles. The van der Waals surface area contributed by atoms with Gasteiger partial charge < -0.3 is 9.84 Å². The van der Waals surface area contributed by atoms with E-state index in [1.807, 2.05) is 0 Å². The van der Waals surface area contributed by atoms with E-state index in [9.17, 15) is 19.7 Å². The molecule has 0 aliphatic rings. The van der Waals surface area contributed by atoms with Crippen molar-refractivity contribution < 1.29 is 24.4 Å². The Bertz CT molecular complexity index is 498. The highest BCUT2D eigenvalue weighted by atomic mass is 16.6. The minimum Gasteiger partial charge on any atom is -0.480 e. The highest BCUT2D eigenvalue weighted by Crippen LogP contribution is 2.25. The van der Waals surface area contributed by atoms with Crippen molar-refractivity contribution in [2.45, 2.75) is 12.3 Å². The van der Waals surface area contributed by atoms with Gasteiger partial charge in [-0.25, -0.2) is 0 Å². The van der Waals surface area contributed by atoms with Crippen LogP contribution < -0.4 is 0 Å². The second kappa shape index (κ2) is 4.78. The van der Waals surface area contributed by atoms with Crippen LogP contribution in [-0.4, -0.2) is 34.1 Å². The molecule has 0 amide bonds. The summed E-state index contributed by atoms with van der Waals surface area (Å²) in [5.41, 5.74) is -2.42. The normalized spacial score (nSPS) is 13.4. The number of hydrogen-bond donors (Lipinski definition) is 1. The van der Waals surface area contributed by atoms with Crippen molar-refractivity contribution >= 4 is 17.6 Å². The van der Waals surface area contributed by atoms with Crippen LogP contribution in [0.2, 0.25) is 0 Å². The van der Waals surface area contributed by atoms with E-state index in [2.05, 4.69) is 9.72 Å². The Hall–Kier alpha value is -2.51. The number of ether oxygens (including phenoxy) is 1. The van der Waals surface area contributed by atoms with Crippen molar-refractivity contribution in [3.05, 3.63) is 34.1 Å². The molecule has 1 aromatic rings. The smallest absolute Gasteiger partial charge is 0.329 e. The third-order valence-electron chi connectivity index (χ3n) is 2.49. The molecule has 1 atom stereocenters. The maximum Gasteiger partial charge on any atom is 0.329 e. The zero-order chi connectivity index (χ0) is 13.9. The molecular formula is C10H10N2O6. The van der Waals surface area contributed by atoms with Gasteiger partial charge in [0.05, 0.1) is 17.7 Å². The van der Waals surface area contributed by atoms with E-state index in [4.69, 9.17) is 5.11 Å². The maximum absolute atomic E-state index is 11.5. The van der Waals surface area contributed by atoms with Crippen molar-refractivity contribution in [3.8, 4) is 0 Å². The third-order valence-corrected chi connectivity index (χ3v) is 2.49. The number of aliphatic carboxylic acids is 1. The second-order valence-electron chi connectivity index (χ2n) is 3.58. The Morgan fingerprint density at radius 1 is 1.50 bits per heavy atom. The van der Waals surface area contributed by atoms with E-state index in [1.165, 1.54) is 0 Å². The first-order valence-corrected chi connectivity index (χ1v) is 4.76. The fourth-order valence-corrected chi connectivity index (χ4v) is 1.30. The number of nitro groups is 1. The summed E-state index contributed by atoms with van der Waals surface area (Å²) in [6.45, 7) is 1.12. The van der Waals surface area contributed by atoms with Crippen LogP contribution >= 0.6 is 0 Å². The lowest BCUT2D eigenvalue weighted by atomic mass is 9.86. The first-order valence-electron chi connectivity index (χ1n) is 4.76. The van der Waals surface area contributed by atoms with Crippen molar-refractivity contribution in [1.82, 2.24) is 4.98 Å². The van der Waals surface area contributed by atoms with Crippen LogP contribution in [0.4, 0.5) is 5.69 Å². The van der Waals surface area contributed by atoms with Crippen molar-refractivity contribution in [1.29, 1.82) is 0 Å². The standard InChI is InChI=1S/C10H10N2O6/c1-10(8(13)14,9(15)18-2)7-4-3-6(5-11-7)12(16)17/h3-5H,1-2H3,(H,13,14). The largest absolute Gasteiger partial charge is 0.480 e. The molecular weight excluding hydrogens is 244 g/mol. The van der Waals surface area contributed by atoms with E-state index < -0.39 is 22.3 Å². The number of carboxylic acids is 1. The van der Waals surface area contributed by atoms with Gasteiger partial charge in [-0.1, -0.05) is 0 Å². The highest BCUT2D eigenvalue weighted by Gasteiger charge is 2.46. The number of methoxy groups -OCH3 is 1. The summed E-state index contributed by atoms with van der Waals surface area (Å²) < 4.78 is 4.42. The Kier molecular flexibility index (Phi) is 3.60. The number of esters is 1. The van der Waals surface area contributed by atoms with Gasteiger partial charge >= 0.3 is 11.9 Å². The molecule has 0 fully saturated rings. The predicted molar refractivity (Wildman–Crippen MR) is 57.9 cm³/mol. The number of carboxylic acid groups (broad SMARTS) is 1.